The molecule has 0 aliphatic carbocycles. The highest BCUT2D eigenvalue weighted by atomic mass is 16.3. The van der Waals surface area contributed by atoms with Crippen molar-refractivity contribution in [3.8, 4) is 0 Å². The molecule has 1 aliphatic heterocycles. The van der Waals surface area contributed by atoms with Crippen molar-refractivity contribution in [3.05, 3.63) is 40.7 Å². The van der Waals surface area contributed by atoms with E-state index in [-0.39, 0.29) is 12.5 Å². The molecule has 0 spiro atoms. The fourth-order valence-corrected chi connectivity index (χ4v) is 3.52. The number of fused-ring (bicyclic) bond motifs is 2. The van der Waals surface area contributed by atoms with Gasteiger partial charge in [0.25, 0.3) is 5.78 Å². The minimum atomic E-state index is -0.0791. The monoisotopic (exact) mass is 355 g/mol. The summed E-state index contributed by atoms with van der Waals surface area (Å²) in [5.74, 6) is 0.694. The predicted molar refractivity (Wildman–Crippen MR) is 92.1 cm³/mol. The van der Waals surface area contributed by atoms with Crippen LogP contribution < -0.4 is 0 Å². The van der Waals surface area contributed by atoms with E-state index in [0.717, 1.165) is 22.6 Å². The van der Waals surface area contributed by atoms with E-state index in [2.05, 4.69) is 20.2 Å². The third-order valence-corrected chi connectivity index (χ3v) is 4.94. The van der Waals surface area contributed by atoms with Crippen molar-refractivity contribution < 1.29 is 9.90 Å². The lowest BCUT2D eigenvalue weighted by Crippen LogP contribution is -2.38. The second-order valence-corrected chi connectivity index (χ2v) is 6.56. The van der Waals surface area contributed by atoms with Gasteiger partial charge >= 0.3 is 0 Å². The molecule has 3 aromatic rings. The molecule has 1 N–H and O–H groups in total. The first-order valence-electron chi connectivity index (χ1n) is 8.67. The van der Waals surface area contributed by atoms with Gasteiger partial charge in [0.2, 0.25) is 5.91 Å². The molecule has 26 heavy (non-hydrogen) atoms. The van der Waals surface area contributed by atoms with Crippen molar-refractivity contribution in [2.45, 2.75) is 46.4 Å². The van der Waals surface area contributed by atoms with Gasteiger partial charge < -0.3 is 10.0 Å². The third-order valence-electron chi connectivity index (χ3n) is 4.94. The van der Waals surface area contributed by atoms with Crippen LogP contribution in [0, 0.1) is 13.8 Å². The highest BCUT2D eigenvalue weighted by Crippen LogP contribution is 2.18. The minimum absolute atomic E-state index is 0.0791. The van der Waals surface area contributed by atoms with E-state index in [1.54, 1.807) is 4.52 Å². The van der Waals surface area contributed by atoms with E-state index >= 15 is 0 Å². The molecule has 0 aromatic carbocycles. The topological polar surface area (TPSA) is 101 Å². The molecular formula is C17H21N7O2. The average molecular weight is 355 g/mol. The summed E-state index contributed by atoms with van der Waals surface area (Å²) in [6.45, 7) is 5.67. The van der Waals surface area contributed by atoms with Gasteiger partial charge in [0, 0.05) is 24.4 Å². The number of hydrogen-bond donors (Lipinski definition) is 1. The summed E-state index contributed by atoms with van der Waals surface area (Å²) < 4.78 is 3.58. The Hall–Kier alpha value is -2.81. The highest BCUT2D eigenvalue weighted by molar-refractivity contribution is 5.76. The van der Waals surface area contributed by atoms with Gasteiger partial charge in [0.1, 0.15) is 6.33 Å². The molecule has 0 radical (unpaired) electrons. The molecule has 4 rings (SSSR count). The number of aliphatic hydroxyl groups is 1. The van der Waals surface area contributed by atoms with Crippen molar-refractivity contribution >= 4 is 11.7 Å². The first-order chi connectivity index (χ1) is 12.6. The van der Waals surface area contributed by atoms with Crippen LogP contribution >= 0.6 is 0 Å². The first-order valence-corrected chi connectivity index (χ1v) is 8.67. The summed E-state index contributed by atoms with van der Waals surface area (Å²) in [5, 5.41) is 17.7. The maximum absolute atomic E-state index is 12.7. The predicted octanol–water partition coefficient (Wildman–Crippen LogP) is 0.405. The van der Waals surface area contributed by atoms with Gasteiger partial charge in [0.05, 0.1) is 31.1 Å². The van der Waals surface area contributed by atoms with Crippen LogP contribution in [0.1, 0.15) is 34.8 Å². The van der Waals surface area contributed by atoms with Crippen molar-refractivity contribution in [1.82, 2.24) is 34.3 Å². The quantitative estimate of drug-likeness (QED) is 0.727. The van der Waals surface area contributed by atoms with Gasteiger partial charge in [-0.25, -0.2) is 9.50 Å². The van der Waals surface area contributed by atoms with E-state index in [1.807, 2.05) is 29.5 Å². The van der Waals surface area contributed by atoms with Crippen LogP contribution in [0.15, 0.2) is 12.4 Å². The molecule has 0 unspecified atom stereocenters. The zero-order valence-electron chi connectivity index (χ0n) is 14.9. The number of aromatic nitrogens is 6. The Morgan fingerprint density at radius 1 is 1.31 bits per heavy atom. The molecule has 9 heteroatoms. The molecule has 1 amide bonds. The number of carbonyl (C=O) groups excluding carboxylic acids is 1. The van der Waals surface area contributed by atoms with Crippen LogP contribution in [-0.2, 0) is 30.9 Å². The van der Waals surface area contributed by atoms with Crippen LogP contribution in [-0.4, -0.2) is 51.8 Å². The Bertz CT molecular complexity index is 975. The van der Waals surface area contributed by atoms with Gasteiger partial charge in [0.15, 0.2) is 0 Å². The first kappa shape index (κ1) is 16.6. The number of hydrogen-bond acceptors (Lipinski definition) is 6. The van der Waals surface area contributed by atoms with Crippen molar-refractivity contribution in [1.29, 1.82) is 0 Å². The lowest BCUT2D eigenvalue weighted by Gasteiger charge is -2.28. The van der Waals surface area contributed by atoms with Crippen molar-refractivity contribution in [3.63, 3.8) is 0 Å². The Morgan fingerprint density at radius 3 is 2.96 bits per heavy atom. The Kier molecular flexibility index (Phi) is 4.15. The summed E-state index contributed by atoms with van der Waals surface area (Å²) >= 11 is 0. The third kappa shape index (κ3) is 2.84. The zero-order chi connectivity index (χ0) is 18.3. The molecule has 0 bridgehead atoms. The molecule has 9 nitrogen and oxygen atoms in total. The number of amides is 1. The van der Waals surface area contributed by atoms with E-state index in [9.17, 15) is 9.90 Å². The summed E-state index contributed by atoms with van der Waals surface area (Å²) in [7, 11) is 0. The van der Waals surface area contributed by atoms with Crippen LogP contribution in [0.5, 0.6) is 0 Å². The number of rotatable bonds is 4. The fourth-order valence-electron chi connectivity index (χ4n) is 3.52. The van der Waals surface area contributed by atoms with Gasteiger partial charge in [-0.05, 0) is 31.9 Å². The van der Waals surface area contributed by atoms with Gasteiger partial charge in [-0.1, -0.05) is 0 Å². The average Bonchev–Trinajstić information content (AvgIpc) is 3.26. The number of nitrogens with zero attached hydrogens (tertiary/aromatic N) is 7. The van der Waals surface area contributed by atoms with E-state index in [4.69, 9.17) is 0 Å². The lowest BCUT2D eigenvalue weighted by atomic mass is 10.1. The second-order valence-electron chi connectivity index (χ2n) is 6.56. The van der Waals surface area contributed by atoms with E-state index < -0.39 is 0 Å². The molecular weight excluding hydrogens is 334 g/mol. The molecule has 0 saturated carbocycles. The summed E-state index contributed by atoms with van der Waals surface area (Å²) in [4.78, 5) is 23.1. The maximum Gasteiger partial charge on any atom is 0.252 e. The normalized spacial score (nSPS) is 14.0. The van der Waals surface area contributed by atoms with Crippen LogP contribution in [0.3, 0.4) is 0 Å². The van der Waals surface area contributed by atoms with Crippen LogP contribution in [0.2, 0.25) is 0 Å². The van der Waals surface area contributed by atoms with Gasteiger partial charge in [-0.2, -0.15) is 15.2 Å². The van der Waals surface area contributed by atoms with Gasteiger partial charge in [-0.15, -0.1) is 0 Å². The molecule has 0 atom stereocenters. The Balaban J connectivity index is 1.46. The second kappa shape index (κ2) is 6.49. The summed E-state index contributed by atoms with van der Waals surface area (Å²) in [5.41, 5.74) is 4.52. The highest BCUT2D eigenvalue weighted by Gasteiger charge is 2.22. The molecule has 1 aliphatic rings. The lowest BCUT2D eigenvalue weighted by molar-refractivity contribution is -0.132. The Morgan fingerprint density at radius 2 is 2.15 bits per heavy atom. The number of carbonyl (C=O) groups is 1. The van der Waals surface area contributed by atoms with E-state index in [0.29, 0.717) is 43.9 Å². The molecule has 0 saturated heterocycles. The largest absolute Gasteiger partial charge is 0.390 e. The maximum atomic E-state index is 12.7. The molecule has 4 heterocycles. The van der Waals surface area contributed by atoms with Crippen LogP contribution in [0.4, 0.5) is 0 Å². The summed E-state index contributed by atoms with van der Waals surface area (Å²) in [6, 6.07) is 1.86. The molecule has 0 fully saturated rings. The van der Waals surface area contributed by atoms with Gasteiger partial charge in [-0.3, -0.25) is 9.48 Å². The zero-order valence-corrected chi connectivity index (χ0v) is 14.9. The van der Waals surface area contributed by atoms with Crippen molar-refractivity contribution in [2.75, 3.05) is 6.54 Å². The summed E-state index contributed by atoms with van der Waals surface area (Å²) in [6.07, 6.45) is 2.53. The molecule has 3 aromatic heterocycles. The number of aryl methyl sites for hydroxylation is 2. The smallest absolute Gasteiger partial charge is 0.252 e. The SMILES string of the molecule is Cc1nc2ncnn2c(C)c1CCC(=O)N1CCn2nc(CO)cc2C1. The van der Waals surface area contributed by atoms with E-state index in [1.165, 1.54) is 6.33 Å². The Labute approximate surface area is 150 Å². The standard InChI is InChI=1S/C17H21N7O2/c1-11-15(12(2)24-17(20-11)18-10-19-24)3-4-16(26)22-5-6-23-14(8-22)7-13(9-25)21-23/h7,10,25H,3-6,8-9H2,1-2H3. The minimum Gasteiger partial charge on any atom is -0.390 e. The number of aliphatic hydroxyl groups excluding tert-OH is 1. The molecule has 136 valence electrons. The fraction of sp³-hybridized carbons (Fsp3) is 0.471. The van der Waals surface area contributed by atoms with Crippen LogP contribution in [0.25, 0.3) is 5.78 Å². The van der Waals surface area contributed by atoms with Crippen molar-refractivity contribution in [2.24, 2.45) is 0 Å².